The van der Waals surface area contributed by atoms with Crippen LogP contribution in [0.25, 0.3) is 10.2 Å². The van der Waals surface area contributed by atoms with E-state index in [0.717, 1.165) is 36.0 Å². The maximum atomic E-state index is 6.15. The molecule has 0 bridgehead atoms. The van der Waals surface area contributed by atoms with E-state index in [1.165, 1.54) is 22.2 Å². The summed E-state index contributed by atoms with van der Waals surface area (Å²) in [6, 6.07) is 0. The van der Waals surface area contributed by atoms with Crippen LogP contribution in [-0.2, 0) is 12.8 Å². The maximum absolute atomic E-state index is 6.15. The highest BCUT2D eigenvalue weighted by Gasteiger charge is 2.31. The minimum Gasteiger partial charge on any atom is -0.369 e. The van der Waals surface area contributed by atoms with Gasteiger partial charge in [-0.3, -0.25) is 0 Å². The van der Waals surface area contributed by atoms with Crippen LogP contribution in [0.5, 0.6) is 0 Å². The molecule has 23 heavy (non-hydrogen) atoms. The highest BCUT2D eigenvalue weighted by Crippen LogP contribution is 2.44. The maximum Gasteiger partial charge on any atom is 0.225 e. The molecule has 1 unspecified atom stereocenters. The number of fused-ring (bicyclic) bond motifs is 3. The van der Waals surface area contributed by atoms with E-state index in [9.17, 15) is 0 Å². The Labute approximate surface area is 147 Å². The molecule has 1 N–H and O–H groups in total. The molecular weight excluding hydrogens is 326 g/mol. The van der Waals surface area contributed by atoms with Crippen molar-refractivity contribution in [3.05, 3.63) is 15.7 Å². The fraction of sp³-hybridized carbons (Fsp3) is 0.667. The predicted molar refractivity (Wildman–Crippen MR) is 101 cm³/mol. The van der Waals surface area contributed by atoms with Gasteiger partial charge in [0, 0.05) is 11.4 Å². The van der Waals surface area contributed by atoms with E-state index in [-0.39, 0.29) is 0 Å². The molecule has 1 aliphatic rings. The third-order valence-electron chi connectivity index (χ3n) is 4.78. The summed E-state index contributed by atoms with van der Waals surface area (Å²) in [5, 5.41) is 5.03. The molecule has 3 nitrogen and oxygen atoms in total. The Balaban J connectivity index is 2.02. The summed E-state index contributed by atoms with van der Waals surface area (Å²) < 4.78 is 0. The van der Waals surface area contributed by atoms with Crippen molar-refractivity contribution in [1.29, 1.82) is 0 Å². The third kappa shape index (κ3) is 3.48. The molecule has 0 amide bonds. The average molecular weight is 352 g/mol. The summed E-state index contributed by atoms with van der Waals surface area (Å²) >= 11 is 7.96. The van der Waals surface area contributed by atoms with Crippen LogP contribution in [0.15, 0.2) is 0 Å². The van der Waals surface area contributed by atoms with Crippen LogP contribution in [0.4, 0.5) is 5.82 Å². The molecule has 1 atom stereocenters. The standard InChI is InChI=1S/C18H26ClN3S/c1-10(2)9-20-15-14-12-7-6-11(18(3,4)5)8-13(12)23-16(14)22-17(19)21-15/h10-11H,6-9H2,1-5H3,(H,20,21,22). The first-order chi connectivity index (χ1) is 10.8. The van der Waals surface area contributed by atoms with Gasteiger partial charge in [-0.2, -0.15) is 0 Å². The number of hydrogen-bond donors (Lipinski definition) is 1. The summed E-state index contributed by atoms with van der Waals surface area (Å²) in [6.07, 6.45) is 3.52. The van der Waals surface area contributed by atoms with Crippen LogP contribution >= 0.6 is 22.9 Å². The molecule has 0 aromatic carbocycles. The second kappa shape index (κ2) is 6.21. The third-order valence-corrected chi connectivity index (χ3v) is 6.10. The van der Waals surface area contributed by atoms with Gasteiger partial charge in [-0.05, 0) is 53.7 Å². The van der Waals surface area contributed by atoms with Crippen molar-refractivity contribution in [3.8, 4) is 0 Å². The van der Waals surface area contributed by atoms with Crippen molar-refractivity contribution in [3.63, 3.8) is 0 Å². The Morgan fingerprint density at radius 3 is 2.70 bits per heavy atom. The summed E-state index contributed by atoms with van der Waals surface area (Å²) in [5.41, 5.74) is 1.81. The first-order valence-corrected chi connectivity index (χ1v) is 9.66. The zero-order valence-electron chi connectivity index (χ0n) is 14.7. The largest absolute Gasteiger partial charge is 0.369 e. The van der Waals surface area contributed by atoms with Gasteiger partial charge in [0.15, 0.2) is 0 Å². The number of thiophene rings is 1. The molecular formula is C18H26ClN3S. The van der Waals surface area contributed by atoms with Gasteiger partial charge in [0.1, 0.15) is 10.6 Å². The van der Waals surface area contributed by atoms with E-state index >= 15 is 0 Å². The molecule has 0 saturated carbocycles. The topological polar surface area (TPSA) is 37.8 Å². The Morgan fingerprint density at radius 2 is 2.04 bits per heavy atom. The minimum atomic E-state index is 0.342. The van der Waals surface area contributed by atoms with Crippen LogP contribution in [0.1, 0.15) is 51.5 Å². The minimum absolute atomic E-state index is 0.342. The molecule has 126 valence electrons. The van der Waals surface area contributed by atoms with Crippen LogP contribution in [0.3, 0.4) is 0 Å². The van der Waals surface area contributed by atoms with E-state index in [4.69, 9.17) is 11.6 Å². The van der Waals surface area contributed by atoms with Crippen LogP contribution in [0.2, 0.25) is 5.28 Å². The summed E-state index contributed by atoms with van der Waals surface area (Å²) in [5.74, 6) is 2.22. The molecule has 2 aromatic heterocycles. The molecule has 2 aromatic rings. The number of aryl methyl sites for hydroxylation is 1. The summed E-state index contributed by atoms with van der Waals surface area (Å²) in [7, 11) is 0. The number of halogens is 1. The van der Waals surface area contributed by atoms with Crippen LogP contribution < -0.4 is 5.32 Å². The molecule has 0 aliphatic heterocycles. The lowest BCUT2D eigenvalue weighted by Gasteiger charge is -2.33. The number of nitrogens with one attached hydrogen (secondary N) is 1. The monoisotopic (exact) mass is 351 g/mol. The lowest BCUT2D eigenvalue weighted by atomic mass is 9.72. The van der Waals surface area contributed by atoms with Gasteiger partial charge in [0.05, 0.1) is 5.39 Å². The quantitative estimate of drug-likeness (QED) is 0.735. The van der Waals surface area contributed by atoms with Gasteiger partial charge < -0.3 is 5.32 Å². The zero-order chi connectivity index (χ0) is 16.8. The fourth-order valence-electron chi connectivity index (χ4n) is 3.32. The van der Waals surface area contributed by atoms with Crippen molar-refractivity contribution in [1.82, 2.24) is 9.97 Å². The zero-order valence-corrected chi connectivity index (χ0v) is 16.2. The summed E-state index contributed by atoms with van der Waals surface area (Å²) in [4.78, 5) is 11.5. The summed E-state index contributed by atoms with van der Waals surface area (Å²) in [6.45, 7) is 12.3. The lowest BCUT2D eigenvalue weighted by molar-refractivity contribution is 0.218. The molecule has 2 heterocycles. The van der Waals surface area contributed by atoms with Crippen molar-refractivity contribution in [2.24, 2.45) is 17.3 Å². The van der Waals surface area contributed by atoms with Gasteiger partial charge in [-0.15, -0.1) is 11.3 Å². The van der Waals surface area contributed by atoms with E-state index in [0.29, 0.717) is 16.6 Å². The number of nitrogens with zero attached hydrogens (tertiary/aromatic N) is 2. The predicted octanol–water partition coefficient (Wildman–Crippen LogP) is 5.56. The molecule has 0 saturated heterocycles. The van der Waals surface area contributed by atoms with Gasteiger partial charge in [-0.25, -0.2) is 9.97 Å². The van der Waals surface area contributed by atoms with Crippen LogP contribution in [-0.4, -0.2) is 16.5 Å². The smallest absolute Gasteiger partial charge is 0.225 e. The Bertz CT molecular complexity index is 715. The second-order valence-corrected chi connectivity index (χ2v) is 9.53. The van der Waals surface area contributed by atoms with Gasteiger partial charge in [-0.1, -0.05) is 34.6 Å². The fourth-order valence-corrected chi connectivity index (χ4v) is 4.84. The van der Waals surface area contributed by atoms with Gasteiger partial charge in [0.25, 0.3) is 0 Å². The second-order valence-electron chi connectivity index (χ2n) is 8.11. The molecule has 1 aliphatic carbocycles. The normalized spacial score (nSPS) is 18.5. The van der Waals surface area contributed by atoms with E-state index in [2.05, 4.69) is 49.9 Å². The first kappa shape index (κ1) is 17.0. The van der Waals surface area contributed by atoms with Crippen molar-refractivity contribution in [2.75, 3.05) is 11.9 Å². The molecule has 0 spiro atoms. The highest BCUT2D eigenvalue weighted by molar-refractivity contribution is 7.19. The van der Waals surface area contributed by atoms with E-state index < -0.39 is 0 Å². The molecule has 5 heteroatoms. The van der Waals surface area contributed by atoms with E-state index in [1.807, 2.05) is 0 Å². The Hall–Kier alpha value is -0.870. The Kier molecular flexibility index (Phi) is 4.58. The number of anilines is 1. The lowest BCUT2D eigenvalue weighted by Crippen LogP contribution is -2.26. The number of hydrogen-bond acceptors (Lipinski definition) is 4. The first-order valence-electron chi connectivity index (χ1n) is 8.47. The average Bonchev–Trinajstić information content (AvgIpc) is 2.80. The SMILES string of the molecule is CC(C)CNc1nc(Cl)nc2sc3c(c12)CCC(C(C)(C)C)C3. The van der Waals surface area contributed by atoms with Gasteiger partial charge in [0.2, 0.25) is 5.28 Å². The number of aromatic nitrogens is 2. The molecule has 3 rings (SSSR count). The van der Waals surface area contributed by atoms with Crippen molar-refractivity contribution >= 4 is 39.0 Å². The Morgan fingerprint density at radius 1 is 1.30 bits per heavy atom. The van der Waals surface area contributed by atoms with Crippen LogP contribution in [0, 0.1) is 17.3 Å². The van der Waals surface area contributed by atoms with E-state index in [1.54, 1.807) is 11.3 Å². The van der Waals surface area contributed by atoms with Crippen molar-refractivity contribution in [2.45, 2.75) is 53.9 Å². The molecule has 0 fully saturated rings. The highest BCUT2D eigenvalue weighted by atomic mass is 35.5. The van der Waals surface area contributed by atoms with Crippen molar-refractivity contribution < 1.29 is 0 Å². The van der Waals surface area contributed by atoms with Gasteiger partial charge >= 0.3 is 0 Å². The number of rotatable bonds is 3. The molecule has 0 radical (unpaired) electrons.